The standard InChI is InChI=1S/C19H24N2O4S/c1-13(2)16-7-6-8-17(18(16)25-19(22)21(4)5)20-26(23,24)15-11-9-14(3)10-12-15/h6-13,20H,1-5H3. The van der Waals surface area contributed by atoms with Crippen LogP contribution in [0.25, 0.3) is 0 Å². The maximum absolute atomic E-state index is 12.7. The number of ether oxygens (including phenoxy) is 1. The van der Waals surface area contributed by atoms with Crippen molar-refractivity contribution in [2.45, 2.75) is 31.6 Å². The van der Waals surface area contributed by atoms with Crippen LogP contribution in [0, 0.1) is 6.92 Å². The van der Waals surface area contributed by atoms with Gasteiger partial charge in [-0.15, -0.1) is 0 Å². The van der Waals surface area contributed by atoms with Crippen LogP contribution < -0.4 is 9.46 Å². The van der Waals surface area contributed by atoms with Gasteiger partial charge in [0.25, 0.3) is 10.0 Å². The van der Waals surface area contributed by atoms with E-state index >= 15 is 0 Å². The van der Waals surface area contributed by atoms with Gasteiger partial charge in [-0.3, -0.25) is 4.72 Å². The number of rotatable bonds is 5. The van der Waals surface area contributed by atoms with Crippen LogP contribution in [0.3, 0.4) is 0 Å². The summed E-state index contributed by atoms with van der Waals surface area (Å²) >= 11 is 0. The third-order valence-corrected chi connectivity index (χ3v) is 5.18. The van der Waals surface area contributed by atoms with E-state index in [-0.39, 0.29) is 22.3 Å². The lowest BCUT2D eigenvalue weighted by atomic mass is 10.0. The molecule has 0 spiro atoms. The molecule has 0 fully saturated rings. The number of amides is 1. The smallest absolute Gasteiger partial charge is 0.408 e. The van der Waals surface area contributed by atoms with Crippen LogP contribution in [0.15, 0.2) is 47.4 Å². The minimum absolute atomic E-state index is 0.0452. The van der Waals surface area contributed by atoms with E-state index in [4.69, 9.17) is 4.74 Å². The van der Waals surface area contributed by atoms with Crippen molar-refractivity contribution in [3.05, 3.63) is 53.6 Å². The zero-order valence-electron chi connectivity index (χ0n) is 15.6. The molecule has 6 nitrogen and oxygen atoms in total. The van der Waals surface area contributed by atoms with Crippen molar-refractivity contribution in [1.29, 1.82) is 0 Å². The molecule has 0 aromatic heterocycles. The van der Waals surface area contributed by atoms with Gasteiger partial charge in [0.15, 0.2) is 5.75 Å². The van der Waals surface area contributed by atoms with Crippen molar-refractivity contribution in [2.75, 3.05) is 18.8 Å². The van der Waals surface area contributed by atoms with Gasteiger partial charge in [0.1, 0.15) is 0 Å². The molecule has 0 bridgehead atoms. The fourth-order valence-electron chi connectivity index (χ4n) is 2.30. The fourth-order valence-corrected chi connectivity index (χ4v) is 3.37. The number of aryl methyl sites for hydroxylation is 1. The molecule has 26 heavy (non-hydrogen) atoms. The van der Waals surface area contributed by atoms with Crippen LogP contribution in [0.1, 0.15) is 30.9 Å². The van der Waals surface area contributed by atoms with Crippen molar-refractivity contribution in [3.63, 3.8) is 0 Å². The maximum atomic E-state index is 12.7. The molecule has 1 amide bonds. The molecule has 1 N–H and O–H groups in total. The summed E-state index contributed by atoms with van der Waals surface area (Å²) in [6.07, 6.45) is -0.575. The average molecular weight is 376 g/mol. The van der Waals surface area contributed by atoms with Crippen LogP contribution in [-0.2, 0) is 10.0 Å². The fraction of sp³-hybridized carbons (Fsp3) is 0.316. The number of hydrogen-bond donors (Lipinski definition) is 1. The molecule has 0 aliphatic carbocycles. The largest absolute Gasteiger partial charge is 0.414 e. The van der Waals surface area contributed by atoms with Crippen LogP contribution >= 0.6 is 0 Å². The lowest BCUT2D eigenvalue weighted by Crippen LogP contribution is -2.26. The Morgan fingerprint density at radius 2 is 1.69 bits per heavy atom. The molecule has 140 valence electrons. The lowest BCUT2D eigenvalue weighted by molar-refractivity contribution is 0.171. The summed E-state index contributed by atoms with van der Waals surface area (Å²) < 4.78 is 33.4. The first-order chi connectivity index (χ1) is 12.1. The van der Waals surface area contributed by atoms with Gasteiger partial charge in [0.05, 0.1) is 10.6 Å². The van der Waals surface area contributed by atoms with Crippen molar-refractivity contribution in [1.82, 2.24) is 4.90 Å². The molecule has 0 saturated heterocycles. The minimum atomic E-state index is -3.81. The third kappa shape index (κ3) is 4.54. The second kappa shape index (κ2) is 7.78. The first kappa shape index (κ1) is 19.8. The van der Waals surface area contributed by atoms with Gasteiger partial charge < -0.3 is 9.64 Å². The quantitative estimate of drug-likeness (QED) is 0.856. The molecule has 0 atom stereocenters. The maximum Gasteiger partial charge on any atom is 0.414 e. The van der Waals surface area contributed by atoms with E-state index in [0.717, 1.165) is 11.1 Å². The zero-order valence-corrected chi connectivity index (χ0v) is 16.4. The highest BCUT2D eigenvalue weighted by Gasteiger charge is 2.21. The van der Waals surface area contributed by atoms with E-state index in [9.17, 15) is 13.2 Å². The summed E-state index contributed by atoms with van der Waals surface area (Å²) in [7, 11) is -0.674. The molecule has 0 unspecified atom stereocenters. The van der Waals surface area contributed by atoms with Crippen LogP contribution in [0.2, 0.25) is 0 Å². The molecule has 0 aliphatic heterocycles. The number of hydrogen-bond acceptors (Lipinski definition) is 4. The zero-order chi connectivity index (χ0) is 19.5. The summed E-state index contributed by atoms with van der Waals surface area (Å²) in [5.41, 5.74) is 1.93. The summed E-state index contributed by atoms with van der Waals surface area (Å²) in [4.78, 5) is 13.5. The number of carbonyl (C=O) groups excluding carboxylic acids is 1. The Morgan fingerprint density at radius 1 is 1.08 bits per heavy atom. The molecule has 2 aromatic carbocycles. The molecule has 0 heterocycles. The molecule has 7 heteroatoms. The van der Waals surface area contributed by atoms with E-state index in [0.29, 0.717) is 0 Å². The monoisotopic (exact) mass is 376 g/mol. The second-order valence-corrected chi connectivity index (χ2v) is 8.24. The summed E-state index contributed by atoms with van der Waals surface area (Å²) in [5.74, 6) is 0.265. The lowest BCUT2D eigenvalue weighted by Gasteiger charge is -2.19. The molecule has 0 radical (unpaired) electrons. The van der Waals surface area contributed by atoms with Crippen LogP contribution in [0.4, 0.5) is 10.5 Å². The summed E-state index contributed by atoms with van der Waals surface area (Å²) in [6.45, 7) is 5.77. The van der Waals surface area contributed by atoms with Crippen molar-refractivity contribution >= 4 is 21.8 Å². The van der Waals surface area contributed by atoms with E-state index in [1.807, 2.05) is 26.8 Å². The van der Waals surface area contributed by atoms with Gasteiger partial charge in [-0.05, 0) is 36.6 Å². The number of nitrogens with one attached hydrogen (secondary N) is 1. The number of sulfonamides is 1. The molecule has 0 saturated carbocycles. The Hall–Kier alpha value is -2.54. The highest BCUT2D eigenvalue weighted by molar-refractivity contribution is 7.92. The van der Waals surface area contributed by atoms with Crippen LogP contribution in [-0.4, -0.2) is 33.5 Å². The Balaban J connectivity index is 2.46. The van der Waals surface area contributed by atoms with Gasteiger partial charge in [0.2, 0.25) is 0 Å². The number of carbonyl (C=O) groups is 1. The van der Waals surface area contributed by atoms with Gasteiger partial charge in [0, 0.05) is 14.1 Å². The highest BCUT2D eigenvalue weighted by atomic mass is 32.2. The van der Waals surface area contributed by atoms with E-state index in [2.05, 4.69) is 4.72 Å². The van der Waals surface area contributed by atoms with Crippen molar-refractivity contribution in [2.24, 2.45) is 0 Å². The molecule has 2 rings (SSSR count). The first-order valence-corrected chi connectivity index (χ1v) is 9.71. The van der Waals surface area contributed by atoms with E-state index in [1.54, 1.807) is 38.4 Å². The van der Waals surface area contributed by atoms with Gasteiger partial charge in [-0.1, -0.05) is 43.7 Å². The Kier molecular flexibility index (Phi) is 5.92. The van der Waals surface area contributed by atoms with Gasteiger partial charge in [-0.25, -0.2) is 13.2 Å². The predicted octanol–water partition coefficient (Wildman–Crippen LogP) is 3.98. The number of benzene rings is 2. The summed E-state index contributed by atoms with van der Waals surface area (Å²) in [6, 6.07) is 11.7. The normalized spacial score (nSPS) is 11.3. The van der Waals surface area contributed by atoms with Crippen LogP contribution in [0.5, 0.6) is 5.75 Å². The van der Waals surface area contributed by atoms with Crippen molar-refractivity contribution < 1.29 is 17.9 Å². The number of anilines is 1. The first-order valence-electron chi connectivity index (χ1n) is 8.23. The number of para-hydroxylation sites is 1. The average Bonchev–Trinajstić information content (AvgIpc) is 2.56. The topological polar surface area (TPSA) is 75.7 Å². The number of nitrogens with zero attached hydrogens (tertiary/aromatic N) is 1. The summed E-state index contributed by atoms with van der Waals surface area (Å²) in [5, 5.41) is 0. The van der Waals surface area contributed by atoms with E-state index < -0.39 is 16.1 Å². The minimum Gasteiger partial charge on any atom is -0.408 e. The third-order valence-electron chi connectivity index (χ3n) is 3.80. The van der Waals surface area contributed by atoms with Gasteiger partial charge >= 0.3 is 6.09 Å². The van der Waals surface area contributed by atoms with Gasteiger partial charge in [-0.2, -0.15) is 0 Å². The SMILES string of the molecule is Cc1ccc(S(=O)(=O)Nc2cccc(C(C)C)c2OC(=O)N(C)C)cc1. The molecule has 2 aromatic rings. The van der Waals surface area contributed by atoms with E-state index in [1.165, 1.54) is 17.0 Å². The highest BCUT2D eigenvalue weighted by Crippen LogP contribution is 2.35. The Morgan fingerprint density at radius 3 is 2.23 bits per heavy atom. The second-order valence-electron chi connectivity index (χ2n) is 6.56. The Labute approximate surface area is 154 Å². The molecular weight excluding hydrogens is 352 g/mol. The molecular formula is C19H24N2O4S. The predicted molar refractivity (Wildman–Crippen MR) is 102 cm³/mol. The molecule has 0 aliphatic rings. The van der Waals surface area contributed by atoms with Crippen molar-refractivity contribution in [3.8, 4) is 5.75 Å². The Bertz CT molecular complexity index is 888.